The summed E-state index contributed by atoms with van der Waals surface area (Å²) < 4.78 is 5.35. The van der Waals surface area contributed by atoms with Crippen LogP contribution >= 0.6 is 11.3 Å². The average molecular weight is 259 g/mol. The highest BCUT2D eigenvalue weighted by atomic mass is 32.1. The van der Waals surface area contributed by atoms with E-state index in [1.54, 1.807) is 5.38 Å². The molecule has 4 N–H and O–H groups in total. The molecule has 7 heteroatoms. The van der Waals surface area contributed by atoms with Gasteiger partial charge in [-0.1, -0.05) is 0 Å². The maximum Gasteiger partial charge on any atom is 0.326 e. The Labute approximate surface area is 104 Å². The molecule has 0 aliphatic rings. The van der Waals surface area contributed by atoms with Gasteiger partial charge in [-0.05, 0) is 13.8 Å². The lowest BCUT2D eigenvalue weighted by Gasteiger charge is -2.07. The number of rotatable bonds is 7. The number of anilines is 1. The first kappa shape index (κ1) is 13.9. The molecule has 0 aromatic carbocycles. The number of thiazole rings is 1. The molecular weight excluding hydrogens is 242 g/mol. The SMILES string of the molecule is CC(C)OCCNc1nc(C(N)C(=O)O)cs1. The summed E-state index contributed by atoms with van der Waals surface area (Å²) in [5.41, 5.74) is 5.81. The fourth-order valence-corrected chi connectivity index (χ4v) is 1.86. The lowest BCUT2D eigenvalue weighted by atomic mass is 10.2. The van der Waals surface area contributed by atoms with Crippen LogP contribution in [0.1, 0.15) is 25.6 Å². The second-order valence-electron chi connectivity index (χ2n) is 3.74. The quantitative estimate of drug-likeness (QED) is 0.634. The Kier molecular flexibility index (Phi) is 5.33. The van der Waals surface area contributed by atoms with Crippen LogP contribution in [0.25, 0.3) is 0 Å². The van der Waals surface area contributed by atoms with E-state index in [1.807, 2.05) is 13.8 Å². The monoisotopic (exact) mass is 259 g/mol. The van der Waals surface area contributed by atoms with Crippen LogP contribution < -0.4 is 11.1 Å². The van der Waals surface area contributed by atoms with Crippen LogP contribution in [0.2, 0.25) is 0 Å². The summed E-state index contributed by atoms with van der Waals surface area (Å²) in [6.45, 7) is 5.14. The number of hydrogen-bond donors (Lipinski definition) is 3. The first-order valence-corrected chi connectivity index (χ1v) is 6.18. The van der Waals surface area contributed by atoms with Crippen molar-refractivity contribution in [3.05, 3.63) is 11.1 Å². The molecule has 1 aromatic rings. The van der Waals surface area contributed by atoms with Crippen LogP contribution in [-0.4, -0.2) is 35.3 Å². The third kappa shape index (κ3) is 4.68. The maximum atomic E-state index is 10.6. The van der Waals surface area contributed by atoms with Gasteiger partial charge < -0.3 is 20.9 Å². The van der Waals surface area contributed by atoms with Gasteiger partial charge >= 0.3 is 5.97 Å². The van der Waals surface area contributed by atoms with Crippen LogP contribution in [-0.2, 0) is 9.53 Å². The molecule has 0 saturated carbocycles. The van der Waals surface area contributed by atoms with Gasteiger partial charge in [-0.25, -0.2) is 4.98 Å². The summed E-state index contributed by atoms with van der Waals surface area (Å²) in [4.78, 5) is 14.7. The third-order valence-corrected chi connectivity index (χ3v) is 2.75. The number of aliphatic carboxylic acids is 1. The molecule has 6 nitrogen and oxygen atoms in total. The van der Waals surface area contributed by atoms with Gasteiger partial charge in [0.2, 0.25) is 0 Å². The summed E-state index contributed by atoms with van der Waals surface area (Å²) >= 11 is 1.33. The van der Waals surface area contributed by atoms with Crippen molar-refractivity contribution in [1.29, 1.82) is 0 Å². The number of nitrogens with zero attached hydrogens (tertiary/aromatic N) is 1. The van der Waals surface area contributed by atoms with Crippen molar-refractivity contribution in [2.45, 2.75) is 26.0 Å². The van der Waals surface area contributed by atoms with Gasteiger partial charge in [0.15, 0.2) is 5.13 Å². The summed E-state index contributed by atoms with van der Waals surface area (Å²) in [6, 6.07) is -1.06. The number of carbonyl (C=O) groups is 1. The molecular formula is C10H17N3O3S. The van der Waals surface area contributed by atoms with Gasteiger partial charge in [0.05, 0.1) is 18.4 Å². The number of nitrogens with two attached hydrogens (primary N) is 1. The first-order valence-electron chi connectivity index (χ1n) is 5.30. The van der Waals surface area contributed by atoms with E-state index in [2.05, 4.69) is 10.3 Å². The van der Waals surface area contributed by atoms with E-state index in [1.165, 1.54) is 11.3 Å². The Morgan fingerprint density at radius 3 is 3.00 bits per heavy atom. The Bertz CT molecular complexity index is 367. The van der Waals surface area contributed by atoms with Gasteiger partial charge in [-0.3, -0.25) is 4.79 Å². The zero-order valence-electron chi connectivity index (χ0n) is 9.84. The Morgan fingerprint density at radius 2 is 2.41 bits per heavy atom. The highest BCUT2D eigenvalue weighted by Crippen LogP contribution is 2.19. The van der Waals surface area contributed by atoms with Crippen molar-refractivity contribution in [2.75, 3.05) is 18.5 Å². The molecule has 0 fully saturated rings. The van der Waals surface area contributed by atoms with E-state index in [4.69, 9.17) is 15.6 Å². The van der Waals surface area contributed by atoms with Gasteiger partial charge in [0.1, 0.15) is 6.04 Å². The summed E-state index contributed by atoms with van der Waals surface area (Å²) in [5, 5.41) is 14.1. The second-order valence-corrected chi connectivity index (χ2v) is 4.60. The van der Waals surface area contributed by atoms with Gasteiger partial charge in [-0.15, -0.1) is 11.3 Å². The average Bonchev–Trinajstić information content (AvgIpc) is 2.71. The minimum atomic E-state index is -1.08. The number of aromatic nitrogens is 1. The van der Waals surface area contributed by atoms with Gasteiger partial charge in [0.25, 0.3) is 0 Å². The van der Waals surface area contributed by atoms with Crippen LogP contribution in [0.15, 0.2) is 5.38 Å². The predicted molar refractivity (Wildman–Crippen MR) is 66.3 cm³/mol. The molecule has 0 amide bonds. The number of carboxylic acid groups (broad SMARTS) is 1. The van der Waals surface area contributed by atoms with Crippen molar-refractivity contribution >= 4 is 22.4 Å². The summed E-state index contributed by atoms with van der Waals surface area (Å²) in [6.07, 6.45) is 0.198. The molecule has 1 heterocycles. The molecule has 1 atom stereocenters. The lowest BCUT2D eigenvalue weighted by molar-refractivity contribution is -0.138. The standard InChI is InChI=1S/C10H17N3O3S/c1-6(2)16-4-3-12-10-13-7(5-17-10)8(11)9(14)15/h5-6,8H,3-4,11H2,1-2H3,(H,12,13)(H,14,15). The van der Waals surface area contributed by atoms with Crippen LogP contribution in [0.3, 0.4) is 0 Å². The maximum absolute atomic E-state index is 10.6. The van der Waals surface area contributed by atoms with Gasteiger partial charge in [0, 0.05) is 11.9 Å². The lowest BCUT2D eigenvalue weighted by Crippen LogP contribution is -2.21. The fraction of sp³-hybridized carbons (Fsp3) is 0.600. The molecule has 0 saturated heterocycles. The Balaban J connectivity index is 2.38. The van der Waals surface area contributed by atoms with Gasteiger partial charge in [-0.2, -0.15) is 0 Å². The van der Waals surface area contributed by atoms with Crippen molar-refractivity contribution in [3.8, 4) is 0 Å². The molecule has 1 aromatic heterocycles. The topological polar surface area (TPSA) is 97.5 Å². The molecule has 0 aliphatic carbocycles. The Hall–Kier alpha value is -1.18. The zero-order valence-corrected chi connectivity index (χ0v) is 10.7. The molecule has 1 rings (SSSR count). The number of ether oxygens (including phenoxy) is 1. The Morgan fingerprint density at radius 1 is 1.71 bits per heavy atom. The van der Waals surface area contributed by atoms with Crippen molar-refractivity contribution in [3.63, 3.8) is 0 Å². The number of hydrogen-bond acceptors (Lipinski definition) is 6. The zero-order chi connectivity index (χ0) is 12.8. The van der Waals surface area contributed by atoms with Crippen LogP contribution in [0.4, 0.5) is 5.13 Å². The van der Waals surface area contributed by atoms with Crippen molar-refractivity contribution in [1.82, 2.24) is 4.98 Å². The molecule has 96 valence electrons. The van der Waals surface area contributed by atoms with Crippen molar-refractivity contribution in [2.24, 2.45) is 5.73 Å². The summed E-state index contributed by atoms with van der Waals surface area (Å²) in [7, 11) is 0. The van der Waals surface area contributed by atoms with E-state index in [9.17, 15) is 4.79 Å². The largest absolute Gasteiger partial charge is 0.480 e. The van der Waals surface area contributed by atoms with E-state index >= 15 is 0 Å². The number of nitrogens with one attached hydrogen (secondary N) is 1. The predicted octanol–water partition coefficient (Wildman–Crippen LogP) is 1.06. The third-order valence-electron chi connectivity index (χ3n) is 1.94. The summed E-state index contributed by atoms with van der Waals surface area (Å²) in [5.74, 6) is -1.08. The minimum Gasteiger partial charge on any atom is -0.480 e. The van der Waals surface area contributed by atoms with Crippen molar-refractivity contribution < 1.29 is 14.6 Å². The highest BCUT2D eigenvalue weighted by molar-refractivity contribution is 7.13. The van der Waals surface area contributed by atoms with E-state index < -0.39 is 12.0 Å². The molecule has 17 heavy (non-hydrogen) atoms. The first-order chi connectivity index (χ1) is 8.00. The molecule has 0 bridgehead atoms. The minimum absolute atomic E-state index is 0.198. The normalized spacial score (nSPS) is 12.7. The van der Waals surface area contributed by atoms with Crippen LogP contribution in [0, 0.1) is 0 Å². The molecule has 0 spiro atoms. The van der Waals surface area contributed by atoms with E-state index in [0.29, 0.717) is 24.0 Å². The van der Waals surface area contributed by atoms with Crippen LogP contribution in [0.5, 0.6) is 0 Å². The van der Waals surface area contributed by atoms with E-state index in [-0.39, 0.29) is 6.10 Å². The smallest absolute Gasteiger partial charge is 0.326 e. The van der Waals surface area contributed by atoms with E-state index in [0.717, 1.165) is 0 Å². The second kappa shape index (κ2) is 6.53. The number of carboxylic acids is 1. The fourth-order valence-electron chi connectivity index (χ4n) is 1.09. The molecule has 0 radical (unpaired) electrons. The molecule has 0 aliphatic heterocycles. The highest BCUT2D eigenvalue weighted by Gasteiger charge is 2.17. The molecule has 1 unspecified atom stereocenters.